The lowest BCUT2D eigenvalue weighted by Crippen LogP contribution is -2.22. The van der Waals surface area contributed by atoms with Crippen molar-refractivity contribution in [3.8, 4) is 0 Å². The number of nitro benzene ring substituents is 1. The summed E-state index contributed by atoms with van der Waals surface area (Å²) in [4.78, 5) is 16.3. The zero-order valence-corrected chi connectivity index (χ0v) is 11.4. The molecule has 0 amide bonds. The molecule has 0 N–H and O–H groups in total. The minimum absolute atomic E-state index is 0.000751. The third-order valence-electron chi connectivity index (χ3n) is 3.18. The van der Waals surface area contributed by atoms with Crippen molar-refractivity contribution in [2.24, 2.45) is 4.99 Å². The molecule has 3 rings (SSSR count). The average molecular weight is 306 g/mol. The van der Waals surface area contributed by atoms with Crippen molar-refractivity contribution < 1.29 is 9.31 Å². The van der Waals surface area contributed by atoms with Gasteiger partial charge in [0.15, 0.2) is 0 Å². The van der Waals surface area contributed by atoms with Crippen molar-refractivity contribution in [1.29, 1.82) is 0 Å². The van der Waals surface area contributed by atoms with Crippen molar-refractivity contribution in [2.75, 3.05) is 11.6 Å². The SMILES string of the molecule is O=[N+]([O-])c1ccc2c(c1)C=NCN2c1ccc(F)c(Cl)c1. The van der Waals surface area contributed by atoms with E-state index >= 15 is 0 Å². The molecule has 0 aromatic heterocycles. The molecule has 0 fully saturated rings. The lowest BCUT2D eigenvalue weighted by molar-refractivity contribution is -0.384. The molecule has 0 unspecified atom stereocenters. The fourth-order valence-corrected chi connectivity index (χ4v) is 2.35. The quantitative estimate of drug-likeness (QED) is 0.624. The second-order valence-corrected chi connectivity index (χ2v) is 4.89. The van der Waals surface area contributed by atoms with Gasteiger partial charge in [0.25, 0.3) is 5.69 Å². The summed E-state index contributed by atoms with van der Waals surface area (Å²) in [7, 11) is 0. The molecule has 0 saturated carbocycles. The van der Waals surface area contributed by atoms with E-state index in [1.54, 1.807) is 18.3 Å². The number of aliphatic imine (C=N–C) groups is 1. The van der Waals surface area contributed by atoms with Crippen LogP contribution in [0.15, 0.2) is 41.4 Å². The van der Waals surface area contributed by atoms with Crippen molar-refractivity contribution in [2.45, 2.75) is 0 Å². The van der Waals surface area contributed by atoms with Crippen molar-refractivity contribution in [3.63, 3.8) is 0 Å². The van der Waals surface area contributed by atoms with E-state index in [9.17, 15) is 14.5 Å². The monoisotopic (exact) mass is 305 g/mol. The number of fused-ring (bicyclic) bond motifs is 1. The zero-order chi connectivity index (χ0) is 15.0. The maximum Gasteiger partial charge on any atom is 0.270 e. The summed E-state index contributed by atoms with van der Waals surface area (Å²) in [6.45, 7) is 0.340. The number of hydrogen-bond acceptors (Lipinski definition) is 4. The number of halogens is 2. The largest absolute Gasteiger partial charge is 0.321 e. The Morgan fingerprint density at radius 2 is 2.10 bits per heavy atom. The van der Waals surface area contributed by atoms with E-state index in [1.165, 1.54) is 24.3 Å². The normalized spacial score (nSPS) is 13.1. The Balaban J connectivity index is 2.06. The topological polar surface area (TPSA) is 58.7 Å². The second-order valence-electron chi connectivity index (χ2n) is 4.48. The van der Waals surface area contributed by atoms with Gasteiger partial charge in [-0.2, -0.15) is 0 Å². The number of benzene rings is 2. The van der Waals surface area contributed by atoms with Crippen LogP contribution in [-0.4, -0.2) is 17.8 Å². The van der Waals surface area contributed by atoms with Gasteiger partial charge in [-0.1, -0.05) is 11.6 Å². The highest BCUT2D eigenvalue weighted by Gasteiger charge is 2.19. The van der Waals surface area contributed by atoms with Gasteiger partial charge >= 0.3 is 0 Å². The zero-order valence-electron chi connectivity index (χ0n) is 10.7. The third-order valence-corrected chi connectivity index (χ3v) is 3.47. The van der Waals surface area contributed by atoms with Crippen LogP contribution < -0.4 is 4.90 Å². The standard InChI is InChI=1S/C14H9ClFN3O2/c15-12-6-10(1-3-13(12)16)18-8-17-7-9-5-11(19(20)21)2-4-14(9)18/h1-7H,8H2. The number of nitrogens with zero attached hydrogens (tertiary/aromatic N) is 3. The fourth-order valence-electron chi connectivity index (χ4n) is 2.18. The molecule has 7 heteroatoms. The van der Waals surface area contributed by atoms with Gasteiger partial charge in [0.1, 0.15) is 12.5 Å². The summed E-state index contributed by atoms with van der Waals surface area (Å²) in [6.07, 6.45) is 1.59. The fraction of sp³-hybridized carbons (Fsp3) is 0.0714. The van der Waals surface area contributed by atoms with Crippen molar-refractivity contribution in [3.05, 3.63) is 62.9 Å². The Morgan fingerprint density at radius 1 is 1.29 bits per heavy atom. The predicted molar refractivity (Wildman–Crippen MR) is 79.1 cm³/mol. The molecule has 1 aliphatic rings. The van der Waals surface area contributed by atoms with Crippen molar-refractivity contribution >= 4 is 34.9 Å². The molecule has 0 radical (unpaired) electrons. The summed E-state index contributed by atoms with van der Waals surface area (Å²) >= 11 is 5.80. The number of rotatable bonds is 2. The molecule has 1 aliphatic heterocycles. The lowest BCUT2D eigenvalue weighted by atomic mass is 10.1. The van der Waals surface area contributed by atoms with Crippen LogP contribution in [0.5, 0.6) is 0 Å². The van der Waals surface area contributed by atoms with Gasteiger partial charge in [-0.3, -0.25) is 15.1 Å². The maximum absolute atomic E-state index is 13.2. The third kappa shape index (κ3) is 2.45. The smallest absolute Gasteiger partial charge is 0.270 e. The van der Waals surface area contributed by atoms with Crippen LogP contribution in [0.2, 0.25) is 5.02 Å². The number of non-ortho nitro benzene ring substituents is 1. The molecule has 0 atom stereocenters. The van der Waals surface area contributed by atoms with E-state index in [-0.39, 0.29) is 10.7 Å². The van der Waals surface area contributed by atoms with Crippen LogP contribution in [0.4, 0.5) is 21.5 Å². The van der Waals surface area contributed by atoms with Crippen LogP contribution in [0.3, 0.4) is 0 Å². The van der Waals surface area contributed by atoms with Gasteiger partial charge < -0.3 is 4.90 Å². The Kier molecular flexibility index (Phi) is 3.31. The first kappa shape index (κ1) is 13.5. The van der Waals surface area contributed by atoms with Crippen LogP contribution >= 0.6 is 11.6 Å². The Bertz CT molecular complexity index is 764. The molecule has 0 bridgehead atoms. The highest BCUT2D eigenvalue weighted by molar-refractivity contribution is 6.31. The minimum atomic E-state index is -0.496. The first-order chi connectivity index (χ1) is 10.1. The van der Waals surface area contributed by atoms with E-state index in [0.29, 0.717) is 17.9 Å². The number of nitro groups is 1. The Morgan fingerprint density at radius 3 is 2.81 bits per heavy atom. The van der Waals surface area contributed by atoms with Gasteiger partial charge in [0.05, 0.1) is 15.6 Å². The summed E-state index contributed by atoms with van der Waals surface area (Å²) in [5, 5.41) is 10.8. The number of anilines is 2. The molecule has 2 aromatic rings. The molecule has 106 valence electrons. The van der Waals surface area contributed by atoms with E-state index in [0.717, 1.165) is 5.69 Å². The maximum atomic E-state index is 13.2. The van der Waals surface area contributed by atoms with Crippen LogP contribution in [0.1, 0.15) is 5.56 Å². The summed E-state index contributed by atoms with van der Waals surface area (Å²) in [6, 6.07) is 8.90. The van der Waals surface area contributed by atoms with Gasteiger partial charge in [0.2, 0.25) is 0 Å². The molecule has 0 spiro atoms. The van der Waals surface area contributed by atoms with Crippen LogP contribution in [-0.2, 0) is 0 Å². The molecule has 2 aromatic carbocycles. The molecule has 21 heavy (non-hydrogen) atoms. The second kappa shape index (κ2) is 5.14. The first-order valence-corrected chi connectivity index (χ1v) is 6.45. The Labute approximate surface area is 124 Å². The van der Waals surface area contributed by atoms with Gasteiger partial charge in [-0.15, -0.1) is 0 Å². The molecule has 0 saturated heterocycles. The summed E-state index contributed by atoms with van der Waals surface area (Å²) < 4.78 is 13.2. The van der Waals surface area contributed by atoms with E-state index in [2.05, 4.69) is 4.99 Å². The molecule has 0 aliphatic carbocycles. The molecule has 5 nitrogen and oxygen atoms in total. The molecular formula is C14H9ClFN3O2. The van der Waals surface area contributed by atoms with Crippen LogP contribution in [0.25, 0.3) is 0 Å². The van der Waals surface area contributed by atoms with E-state index < -0.39 is 10.7 Å². The van der Waals surface area contributed by atoms with Crippen molar-refractivity contribution in [1.82, 2.24) is 0 Å². The lowest BCUT2D eigenvalue weighted by Gasteiger charge is -2.27. The number of hydrogen-bond donors (Lipinski definition) is 0. The average Bonchev–Trinajstić information content (AvgIpc) is 2.49. The highest BCUT2D eigenvalue weighted by Crippen LogP contribution is 2.34. The van der Waals surface area contributed by atoms with E-state index in [4.69, 9.17) is 11.6 Å². The Hall–Kier alpha value is -2.47. The summed E-state index contributed by atoms with van der Waals surface area (Å²) in [5.74, 6) is -0.496. The molecule has 1 heterocycles. The van der Waals surface area contributed by atoms with E-state index in [1.807, 2.05) is 4.90 Å². The van der Waals surface area contributed by atoms with Gasteiger partial charge in [-0.05, 0) is 24.3 Å². The first-order valence-electron chi connectivity index (χ1n) is 6.07. The van der Waals surface area contributed by atoms with Gasteiger partial charge in [0, 0.05) is 29.6 Å². The highest BCUT2D eigenvalue weighted by atomic mass is 35.5. The predicted octanol–water partition coefficient (Wildman–Crippen LogP) is 3.92. The van der Waals surface area contributed by atoms with Gasteiger partial charge in [-0.25, -0.2) is 4.39 Å². The summed E-state index contributed by atoms with van der Waals surface area (Å²) in [5.41, 5.74) is 2.07. The van der Waals surface area contributed by atoms with Crippen LogP contribution in [0, 0.1) is 15.9 Å². The minimum Gasteiger partial charge on any atom is -0.321 e. The molecular weight excluding hydrogens is 297 g/mol.